The van der Waals surface area contributed by atoms with E-state index >= 15 is 0 Å². The molecule has 0 aliphatic carbocycles. The molecule has 5 nitrogen and oxygen atoms in total. The summed E-state index contributed by atoms with van der Waals surface area (Å²) in [6.45, 7) is 0.772. The fraction of sp³-hybridized carbons (Fsp3) is 0.357. The van der Waals surface area contributed by atoms with E-state index in [9.17, 15) is 4.79 Å². The molecule has 1 aliphatic rings. The van der Waals surface area contributed by atoms with Crippen molar-refractivity contribution in [1.29, 1.82) is 0 Å². The first kappa shape index (κ1) is 13.2. The molecular weight excluding hydrogens is 274 g/mol. The Hall–Kier alpha value is -1.79. The van der Waals surface area contributed by atoms with Crippen LogP contribution >= 0.6 is 11.5 Å². The van der Waals surface area contributed by atoms with E-state index in [-0.39, 0.29) is 12.0 Å². The number of anilines is 1. The lowest BCUT2D eigenvalue weighted by Crippen LogP contribution is -2.19. The molecule has 1 aromatic heterocycles. The standard InChI is InChI=1S/C14H15N3O2S/c18-14(8-12-2-1-7-19-12)15-11-5-3-10(4-6-11)13-9-20-17-16-13/h3-6,9,12H,1-2,7-8H2,(H,15,18)/t12-/m1/s1. The Labute approximate surface area is 121 Å². The number of hydrogen-bond donors (Lipinski definition) is 1. The lowest BCUT2D eigenvalue weighted by Gasteiger charge is -2.10. The summed E-state index contributed by atoms with van der Waals surface area (Å²) in [5.41, 5.74) is 2.64. The van der Waals surface area contributed by atoms with Gasteiger partial charge in [0.2, 0.25) is 5.91 Å². The molecule has 0 saturated carbocycles. The van der Waals surface area contributed by atoms with Gasteiger partial charge < -0.3 is 10.1 Å². The molecule has 0 radical (unpaired) electrons. The van der Waals surface area contributed by atoms with E-state index in [1.54, 1.807) is 0 Å². The van der Waals surface area contributed by atoms with E-state index in [0.717, 1.165) is 36.4 Å². The normalized spacial score (nSPS) is 18.1. The predicted molar refractivity (Wildman–Crippen MR) is 77.6 cm³/mol. The summed E-state index contributed by atoms with van der Waals surface area (Å²) < 4.78 is 9.29. The van der Waals surface area contributed by atoms with Crippen molar-refractivity contribution in [2.75, 3.05) is 11.9 Å². The van der Waals surface area contributed by atoms with Crippen molar-refractivity contribution in [3.63, 3.8) is 0 Å². The second-order valence-corrected chi connectivity index (χ2v) is 5.36. The first-order valence-corrected chi connectivity index (χ1v) is 7.44. The molecule has 104 valence electrons. The quantitative estimate of drug-likeness (QED) is 0.940. The number of benzene rings is 1. The maximum Gasteiger partial charge on any atom is 0.226 e. The van der Waals surface area contributed by atoms with Gasteiger partial charge in [0.1, 0.15) is 5.69 Å². The molecule has 1 atom stereocenters. The predicted octanol–water partition coefficient (Wildman–Crippen LogP) is 2.71. The number of amides is 1. The summed E-state index contributed by atoms with van der Waals surface area (Å²) in [5, 5.41) is 8.79. The fourth-order valence-corrected chi connectivity index (χ4v) is 2.70. The molecule has 1 aromatic carbocycles. The molecule has 6 heteroatoms. The van der Waals surface area contributed by atoms with E-state index in [1.165, 1.54) is 11.5 Å². The van der Waals surface area contributed by atoms with E-state index in [4.69, 9.17) is 4.74 Å². The van der Waals surface area contributed by atoms with Crippen LogP contribution in [0.25, 0.3) is 11.3 Å². The van der Waals surface area contributed by atoms with E-state index in [0.29, 0.717) is 6.42 Å². The van der Waals surface area contributed by atoms with Crippen LogP contribution in [0.1, 0.15) is 19.3 Å². The summed E-state index contributed by atoms with van der Waals surface area (Å²) in [7, 11) is 0. The lowest BCUT2D eigenvalue weighted by atomic mass is 10.1. The van der Waals surface area contributed by atoms with Crippen LogP contribution in [0.2, 0.25) is 0 Å². The first-order chi connectivity index (χ1) is 9.81. The summed E-state index contributed by atoms with van der Waals surface area (Å²) in [6.07, 6.45) is 2.53. The highest BCUT2D eigenvalue weighted by Gasteiger charge is 2.18. The zero-order valence-corrected chi connectivity index (χ0v) is 11.7. The van der Waals surface area contributed by atoms with Gasteiger partial charge in [-0.15, -0.1) is 5.10 Å². The van der Waals surface area contributed by atoms with Crippen molar-refractivity contribution >= 4 is 23.1 Å². The highest BCUT2D eigenvalue weighted by molar-refractivity contribution is 7.03. The molecule has 1 amide bonds. The maximum atomic E-state index is 11.9. The van der Waals surface area contributed by atoms with Crippen molar-refractivity contribution in [1.82, 2.24) is 9.59 Å². The molecule has 0 spiro atoms. The van der Waals surface area contributed by atoms with Crippen molar-refractivity contribution in [3.8, 4) is 11.3 Å². The number of hydrogen-bond acceptors (Lipinski definition) is 5. The number of carbonyl (C=O) groups excluding carboxylic acids is 1. The maximum absolute atomic E-state index is 11.9. The molecule has 20 heavy (non-hydrogen) atoms. The SMILES string of the molecule is O=C(C[C@H]1CCCO1)Nc1ccc(-c2csnn2)cc1. The van der Waals surface area contributed by atoms with E-state index in [2.05, 4.69) is 14.9 Å². The fourth-order valence-electron chi connectivity index (χ4n) is 2.24. The van der Waals surface area contributed by atoms with Gasteiger partial charge in [-0.05, 0) is 36.5 Å². The largest absolute Gasteiger partial charge is 0.378 e. The van der Waals surface area contributed by atoms with Crippen LogP contribution in [-0.4, -0.2) is 28.2 Å². The number of rotatable bonds is 4. The molecule has 0 unspecified atom stereocenters. The Morgan fingerprint density at radius 1 is 1.40 bits per heavy atom. The minimum atomic E-state index is -0.0000231. The van der Waals surface area contributed by atoms with E-state index in [1.807, 2.05) is 29.6 Å². The van der Waals surface area contributed by atoms with Crippen LogP contribution in [0.15, 0.2) is 29.6 Å². The zero-order chi connectivity index (χ0) is 13.8. The third-order valence-electron chi connectivity index (χ3n) is 3.26. The second-order valence-electron chi connectivity index (χ2n) is 4.75. The van der Waals surface area contributed by atoms with Crippen molar-refractivity contribution in [3.05, 3.63) is 29.6 Å². The Balaban J connectivity index is 1.59. The number of nitrogens with one attached hydrogen (secondary N) is 1. The van der Waals surface area contributed by atoms with Crippen LogP contribution in [0.3, 0.4) is 0 Å². The van der Waals surface area contributed by atoms with Crippen molar-refractivity contribution < 1.29 is 9.53 Å². The van der Waals surface area contributed by atoms with Crippen molar-refractivity contribution in [2.24, 2.45) is 0 Å². The molecular formula is C14H15N3O2S. The monoisotopic (exact) mass is 289 g/mol. The Morgan fingerprint density at radius 3 is 2.90 bits per heavy atom. The van der Waals surface area contributed by atoms with Gasteiger partial charge in [-0.25, -0.2) is 0 Å². The Bertz CT molecular complexity index is 563. The highest BCUT2D eigenvalue weighted by atomic mass is 32.1. The molecule has 2 aromatic rings. The molecule has 1 N–H and O–H groups in total. The summed E-state index contributed by atoms with van der Waals surface area (Å²) in [4.78, 5) is 11.9. The smallest absolute Gasteiger partial charge is 0.226 e. The van der Waals surface area contributed by atoms with Crippen LogP contribution in [0.5, 0.6) is 0 Å². The van der Waals surface area contributed by atoms with Gasteiger partial charge >= 0.3 is 0 Å². The average Bonchev–Trinajstić information content (AvgIpc) is 3.12. The van der Waals surface area contributed by atoms with Crippen LogP contribution in [-0.2, 0) is 9.53 Å². The minimum Gasteiger partial charge on any atom is -0.378 e. The molecule has 1 fully saturated rings. The van der Waals surface area contributed by atoms with Crippen LogP contribution < -0.4 is 5.32 Å². The Kier molecular flexibility index (Phi) is 4.03. The number of nitrogens with zero attached hydrogens (tertiary/aromatic N) is 2. The molecule has 3 rings (SSSR count). The van der Waals surface area contributed by atoms with Crippen LogP contribution in [0, 0.1) is 0 Å². The van der Waals surface area contributed by atoms with E-state index < -0.39 is 0 Å². The van der Waals surface area contributed by atoms with Gasteiger partial charge in [0.05, 0.1) is 12.5 Å². The van der Waals surface area contributed by atoms with Gasteiger partial charge in [-0.1, -0.05) is 16.6 Å². The summed E-state index contributed by atoms with van der Waals surface area (Å²) in [5.74, 6) is -0.0000231. The molecule has 2 heterocycles. The average molecular weight is 289 g/mol. The summed E-state index contributed by atoms with van der Waals surface area (Å²) in [6, 6.07) is 7.61. The summed E-state index contributed by atoms with van der Waals surface area (Å²) >= 11 is 1.32. The first-order valence-electron chi connectivity index (χ1n) is 6.60. The third-order valence-corrected chi connectivity index (χ3v) is 3.77. The highest BCUT2D eigenvalue weighted by Crippen LogP contribution is 2.21. The number of aromatic nitrogens is 2. The van der Waals surface area contributed by atoms with Crippen LogP contribution in [0.4, 0.5) is 5.69 Å². The Morgan fingerprint density at radius 2 is 2.25 bits per heavy atom. The van der Waals surface area contributed by atoms with Gasteiger partial charge in [0.15, 0.2) is 0 Å². The van der Waals surface area contributed by atoms with Gasteiger partial charge in [-0.2, -0.15) is 0 Å². The molecule has 1 aliphatic heterocycles. The molecule has 1 saturated heterocycles. The second kappa shape index (κ2) is 6.11. The zero-order valence-electron chi connectivity index (χ0n) is 10.9. The van der Waals surface area contributed by atoms with Gasteiger partial charge in [-0.3, -0.25) is 4.79 Å². The number of ether oxygens (including phenoxy) is 1. The van der Waals surface area contributed by atoms with Crippen molar-refractivity contribution in [2.45, 2.75) is 25.4 Å². The number of carbonyl (C=O) groups is 1. The van der Waals surface area contributed by atoms with Gasteiger partial charge in [0.25, 0.3) is 0 Å². The van der Waals surface area contributed by atoms with Gasteiger partial charge in [0, 0.05) is 23.2 Å². The third kappa shape index (κ3) is 3.20. The lowest BCUT2D eigenvalue weighted by molar-refractivity contribution is -0.118. The molecule has 0 bridgehead atoms. The minimum absolute atomic E-state index is 0.0000231. The topological polar surface area (TPSA) is 64.1 Å².